The number of rotatable bonds is 3. The van der Waals surface area contributed by atoms with E-state index in [1.165, 1.54) is 12.1 Å². The molecule has 0 aliphatic heterocycles. The van der Waals surface area contributed by atoms with Gasteiger partial charge in [0.25, 0.3) is 0 Å². The number of aliphatic hydroxyl groups is 1. The van der Waals surface area contributed by atoms with E-state index in [0.29, 0.717) is 6.42 Å². The zero-order chi connectivity index (χ0) is 14.4. The monoisotopic (exact) mass is 331 g/mol. The Balaban J connectivity index is 2.24. The normalized spacial score (nSPS) is 24.7. The second-order valence-corrected chi connectivity index (χ2v) is 6.16. The second-order valence-electron chi connectivity index (χ2n) is 5.36. The highest BCUT2D eigenvalue weighted by Crippen LogP contribution is 2.43. The molecule has 1 aromatic carbocycles. The molecule has 2 atom stereocenters. The van der Waals surface area contributed by atoms with Crippen molar-refractivity contribution in [3.63, 3.8) is 0 Å². The van der Waals surface area contributed by atoms with Gasteiger partial charge in [0.05, 0.1) is 21.8 Å². The number of carbonyl (C=O) groups is 1. The molecule has 1 saturated carbocycles. The van der Waals surface area contributed by atoms with E-state index < -0.39 is 17.9 Å². The quantitative estimate of drug-likeness (QED) is 0.796. The smallest absolute Gasteiger partial charge is 0.336 e. The van der Waals surface area contributed by atoms with Crippen LogP contribution >= 0.6 is 15.9 Å². The Morgan fingerprint density at radius 1 is 1.53 bits per heavy atom. The zero-order valence-corrected chi connectivity index (χ0v) is 12.2. The van der Waals surface area contributed by atoms with Crippen molar-refractivity contribution in [1.82, 2.24) is 0 Å². The van der Waals surface area contributed by atoms with E-state index in [1.807, 2.05) is 13.8 Å². The number of halogens is 2. The molecule has 4 nitrogen and oxygen atoms in total. The van der Waals surface area contributed by atoms with Crippen LogP contribution in [-0.2, 0) is 0 Å². The van der Waals surface area contributed by atoms with Gasteiger partial charge in [-0.1, -0.05) is 13.8 Å². The van der Waals surface area contributed by atoms with Crippen molar-refractivity contribution in [2.75, 3.05) is 5.32 Å². The van der Waals surface area contributed by atoms with Gasteiger partial charge in [-0.15, -0.1) is 0 Å². The predicted molar refractivity (Wildman–Crippen MR) is 72.9 cm³/mol. The summed E-state index contributed by atoms with van der Waals surface area (Å²) in [5.74, 6) is -1.81. The highest BCUT2D eigenvalue weighted by atomic mass is 79.9. The third-order valence-electron chi connectivity index (χ3n) is 3.86. The van der Waals surface area contributed by atoms with Crippen LogP contribution < -0.4 is 5.32 Å². The van der Waals surface area contributed by atoms with Crippen LogP contribution in [0.4, 0.5) is 10.1 Å². The van der Waals surface area contributed by atoms with E-state index in [2.05, 4.69) is 21.2 Å². The molecule has 1 aromatic rings. The third-order valence-corrected chi connectivity index (χ3v) is 4.63. The molecule has 2 unspecified atom stereocenters. The minimum atomic E-state index is -1.18. The number of aromatic carboxylic acids is 1. The molecule has 1 fully saturated rings. The van der Waals surface area contributed by atoms with Crippen LogP contribution in [0.3, 0.4) is 0 Å². The molecule has 104 valence electrons. The maximum atomic E-state index is 14.1. The highest BCUT2D eigenvalue weighted by Gasteiger charge is 2.47. The maximum absolute atomic E-state index is 14.1. The van der Waals surface area contributed by atoms with Crippen molar-refractivity contribution in [2.45, 2.75) is 32.4 Å². The number of nitrogens with one attached hydrogen (secondary N) is 1. The fraction of sp³-hybridized carbons (Fsp3) is 0.462. The number of carboxylic acid groups (broad SMARTS) is 1. The van der Waals surface area contributed by atoms with E-state index in [1.54, 1.807) is 0 Å². The first-order chi connectivity index (χ1) is 8.75. The van der Waals surface area contributed by atoms with Gasteiger partial charge in [-0.25, -0.2) is 9.18 Å². The first kappa shape index (κ1) is 14.3. The summed E-state index contributed by atoms with van der Waals surface area (Å²) in [6.07, 6.45) is 0.139. The third kappa shape index (κ3) is 2.34. The molecule has 0 amide bonds. The minimum Gasteiger partial charge on any atom is -0.478 e. The average Bonchev–Trinajstić information content (AvgIpc) is 2.33. The maximum Gasteiger partial charge on any atom is 0.336 e. The van der Waals surface area contributed by atoms with Gasteiger partial charge in [0, 0.05) is 11.5 Å². The van der Waals surface area contributed by atoms with Crippen molar-refractivity contribution in [1.29, 1.82) is 0 Å². The molecule has 0 radical (unpaired) electrons. The number of anilines is 1. The average molecular weight is 332 g/mol. The standard InChI is InChI=1S/C13H15BrFNO3/c1-13(2)8(5-9(13)17)16-7-4-3-6(12(18)19)10(14)11(7)15/h3-4,8-9,16-17H,5H2,1-2H3,(H,18,19). The lowest BCUT2D eigenvalue weighted by Gasteiger charge is -2.49. The van der Waals surface area contributed by atoms with Gasteiger partial charge in [-0.3, -0.25) is 0 Å². The molecular formula is C13H15BrFNO3. The van der Waals surface area contributed by atoms with E-state index in [0.717, 1.165) is 0 Å². The van der Waals surface area contributed by atoms with E-state index in [4.69, 9.17) is 5.11 Å². The number of hydrogen-bond donors (Lipinski definition) is 3. The fourth-order valence-corrected chi connectivity index (χ4v) is 2.68. The Bertz CT molecular complexity index is 533. The lowest BCUT2D eigenvalue weighted by Crippen LogP contribution is -2.57. The van der Waals surface area contributed by atoms with Crippen LogP contribution in [-0.4, -0.2) is 28.3 Å². The summed E-state index contributed by atoms with van der Waals surface area (Å²) in [7, 11) is 0. The van der Waals surface area contributed by atoms with Crippen molar-refractivity contribution >= 4 is 27.6 Å². The van der Waals surface area contributed by atoms with E-state index in [9.17, 15) is 14.3 Å². The Kier molecular flexibility index (Phi) is 3.57. The molecule has 19 heavy (non-hydrogen) atoms. The zero-order valence-electron chi connectivity index (χ0n) is 10.6. The van der Waals surface area contributed by atoms with Crippen LogP contribution in [0.5, 0.6) is 0 Å². The summed E-state index contributed by atoms with van der Waals surface area (Å²) in [4.78, 5) is 10.9. The number of aliphatic hydroxyl groups excluding tert-OH is 1. The Hall–Kier alpha value is -1.14. The molecule has 0 saturated heterocycles. The Labute approximate surface area is 118 Å². The molecular weight excluding hydrogens is 317 g/mol. The first-order valence-corrected chi connectivity index (χ1v) is 6.70. The number of hydrogen-bond acceptors (Lipinski definition) is 3. The molecule has 6 heteroatoms. The Morgan fingerprint density at radius 3 is 2.63 bits per heavy atom. The summed E-state index contributed by atoms with van der Waals surface area (Å²) in [6, 6.07) is 2.71. The number of carboxylic acids is 1. The largest absolute Gasteiger partial charge is 0.478 e. The summed E-state index contributed by atoms with van der Waals surface area (Å²) in [6.45, 7) is 3.80. The van der Waals surface area contributed by atoms with Crippen LogP contribution in [0.1, 0.15) is 30.6 Å². The molecule has 0 aromatic heterocycles. The van der Waals surface area contributed by atoms with Gasteiger partial charge < -0.3 is 15.5 Å². The minimum absolute atomic E-state index is 0.0421. The van der Waals surface area contributed by atoms with Crippen molar-refractivity contribution in [3.05, 3.63) is 28.0 Å². The first-order valence-electron chi connectivity index (χ1n) is 5.91. The number of benzene rings is 1. The molecule has 3 N–H and O–H groups in total. The highest BCUT2D eigenvalue weighted by molar-refractivity contribution is 9.10. The van der Waals surface area contributed by atoms with Crippen molar-refractivity contribution in [3.8, 4) is 0 Å². The van der Waals surface area contributed by atoms with E-state index >= 15 is 0 Å². The van der Waals surface area contributed by atoms with Gasteiger partial charge in [0.15, 0.2) is 5.82 Å². The second kappa shape index (κ2) is 4.76. The molecule has 0 heterocycles. The van der Waals surface area contributed by atoms with Crippen LogP contribution in [0.25, 0.3) is 0 Å². The topological polar surface area (TPSA) is 69.6 Å². The lowest BCUT2D eigenvalue weighted by atomic mass is 9.64. The lowest BCUT2D eigenvalue weighted by molar-refractivity contribution is -0.0511. The molecule has 1 aliphatic rings. The van der Waals surface area contributed by atoms with Crippen molar-refractivity contribution < 1.29 is 19.4 Å². The van der Waals surface area contributed by atoms with Crippen LogP contribution in [0.2, 0.25) is 0 Å². The van der Waals surface area contributed by atoms with Gasteiger partial charge in [0.1, 0.15) is 0 Å². The summed E-state index contributed by atoms with van der Waals surface area (Å²) in [5.41, 5.74) is -0.206. The summed E-state index contributed by atoms with van der Waals surface area (Å²) < 4.78 is 14.0. The summed E-state index contributed by atoms with van der Waals surface area (Å²) >= 11 is 2.96. The SMILES string of the molecule is CC1(C)C(O)CC1Nc1ccc(C(=O)O)c(Br)c1F. The molecule has 0 spiro atoms. The van der Waals surface area contributed by atoms with Crippen LogP contribution in [0, 0.1) is 11.2 Å². The van der Waals surface area contributed by atoms with Crippen LogP contribution in [0.15, 0.2) is 16.6 Å². The summed E-state index contributed by atoms with van der Waals surface area (Å²) in [5, 5.41) is 21.5. The van der Waals surface area contributed by atoms with E-state index in [-0.39, 0.29) is 27.2 Å². The Morgan fingerprint density at radius 2 is 2.16 bits per heavy atom. The van der Waals surface area contributed by atoms with Gasteiger partial charge >= 0.3 is 5.97 Å². The fourth-order valence-electron chi connectivity index (χ4n) is 2.16. The van der Waals surface area contributed by atoms with Gasteiger partial charge in [-0.05, 0) is 34.5 Å². The predicted octanol–water partition coefficient (Wildman–Crippen LogP) is 2.86. The van der Waals surface area contributed by atoms with Gasteiger partial charge in [-0.2, -0.15) is 0 Å². The molecule has 0 bridgehead atoms. The van der Waals surface area contributed by atoms with Crippen molar-refractivity contribution in [2.24, 2.45) is 5.41 Å². The molecule has 1 aliphatic carbocycles. The molecule has 2 rings (SSSR count). The van der Waals surface area contributed by atoms with Gasteiger partial charge in [0.2, 0.25) is 0 Å².